The molecular formula is C19H20ClF2N3O2. The summed E-state index contributed by atoms with van der Waals surface area (Å²) in [6, 6.07) is 4.72. The molecule has 0 atom stereocenters. The first-order chi connectivity index (χ1) is 13.0. The first kappa shape index (κ1) is 19.4. The summed E-state index contributed by atoms with van der Waals surface area (Å²) in [6.07, 6.45) is 4.67. The molecule has 1 N–H and O–H groups in total. The van der Waals surface area contributed by atoms with Gasteiger partial charge in [-0.1, -0.05) is 11.6 Å². The van der Waals surface area contributed by atoms with E-state index >= 15 is 0 Å². The van der Waals surface area contributed by atoms with E-state index in [9.17, 15) is 13.6 Å². The maximum absolute atomic E-state index is 13.5. The molecule has 1 aromatic carbocycles. The molecule has 27 heavy (non-hydrogen) atoms. The molecule has 1 fully saturated rings. The number of ether oxygens (including phenoxy) is 1. The van der Waals surface area contributed by atoms with E-state index in [0.717, 1.165) is 44.5 Å². The fourth-order valence-electron chi connectivity index (χ4n) is 2.89. The van der Waals surface area contributed by atoms with Crippen LogP contribution in [0.5, 0.6) is 5.75 Å². The van der Waals surface area contributed by atoms with Gasteiger partial charge in [-0.3, -0.25) is 4.79 Å². The van der Waals surface area contributed by atoms with Crippen molar-refractivity contribution in [3.8, 4) is 5.75 Å². The molecule has 1 saturated heterocycles. The maximum Gasteiger partial charge on any atom is 0.255 e. The van der Waals surface area contributed by atoms with E-state index in [-0.39, 0.29) is 18.3 Å². The Balaban J connectivity index is 1.52. The highest BCUT2D eigenvalue weighted by Crippen LogP contribution is 2.22. The van der Waals surface area contributed by atoms with Gasteiger partial charge in [-0.05, 0) is 37.5 Å². The number of hydrogen-bond donors (Lipinski definition) is 1. The number of carbonyl (C=O) groups excluding carboxylic acids is 1. The lowest BCUT2D eigenvalue weighted by molar-refractivity contribution is 0.0724. The van der Waals surface area contributed by atoms with Gasteiger partial charge < -0.3 is 15.0 Å². The molecule has 0 bridgehead atoms. The minimum atomic E-state index is -0.758. The summed E-state index contributed by atoms with van der Waals surface area (Å²) in [5.41, 5.74) is 0.456. The molecule has 3 rings (SSSR count). The molecule has 0 unspecified atom stereocenters. The zero-order chi connectivity index (χ0) is 19.2. The second kappa shape index (κ2) is 8.99. The Morgan fingerprint density at radius 1 is 1.22 bits per heavy atom. The van der Waals surface area contributed by atoms with Crippen LogP contribution in [0.4, 0.5) is 14.6 Å². The van der Waals surface area contributed by atoms with Gasteiger partial charge in [0.1, 0.15) is 18.2 Å². The van der Waals surface area contributed by atoms with E-state index in [1.807, 2.05) is 4.90 Å². The number of likely N-dealkylation sites (tertiary alicyclic amines) is 1. The minimum absolute atomic E-state index is 0.0280. The van der Waals surface area contributed by atoms with Crippen molar-refractivity contribution in [2.75, 3.05) is 31.6 Å². The van der Waals surface area contributed by atoms with Crippen LogP contribution in [0, 0.1) is 11.6 Å². The van der Waals surface area contributed by atoms with Crippen molar-refractivity contribution in [2.45, 2.75) is 19.3 Å². The summed E-state index contributed by atoms with van der Waals surface area (Å²) in [5, 5.41) is 3.30. The molecular weight excluding hydrogens is 376 g/mol. The van der Waals surface area contributed by atoms with Crippen LogP contribution in [0.1, 0.15) is 29.6 Å². The third-order valence-corrected chi connectivity index (χ3v) is 4.57. The second-order valence-electron chi connectivity index (χ2n) is 6.26. The molecule has 1 aliphatic heterocycles. The number of aromatic nitrogens is 1. The molecule has 5 nitrogen and oxygen atoms in total. The molecule has 2 heterocycles. The van der Waals surface area contributed by atoms with Gasteiger partial charge in [0.25, 0.3) is 5.91 Å². The predicted molar refractivity (Wildman–Crippen MR) is 99.3 cm³/mol. The van der Waals surface area contributed by atoms with Gasteiger partial charge in [0.15, 0.2) is 11.6 Å². The van der Waals surface area contributed by atoms with Crippen LogP contribution in [0.3, 0.4) is 0 Å². The zero-order valence-corrected chi connectivity index (χ0v) is 15.4. The normalized spacial score (nSPS) is 14.1. The van der Waals surface area contributed by atoms with Crippen molar-refractivity contribution in [1.82, 2.24) is 9.88 Å². The Hall–Kier alpha value is -2.41. The Kier molecular flexibility index (Phi) is 6.45. The number of anilines is 1. The molecule has 144 valence electrons. The van der Waals surface area contributed by atoms with Crippen molar-refractivity contribution in [2.24, 2.45) is 0 Å². The smallest absolute Gasteiger partial charge is 0.255 e. The number of hydrogen-bond acceptors (Lipinski definition) is 4. The fourth-order valence-corrected chi connectivity index (χ4v) is 3.12. The van der Waals surface area contributed by atoms with Gasteiger partial charge in [0.05, 0.1) is 17.1 Å². The molecule has 8 heteroatoms. The highest BCUT2D eigenvalue weighted by molar-refractivity contribution is 6.33. The van der Waals surface area contributed by atoms with Gasteiger partial charge in [-0.2, -0.15) is 0 Å². The molecule has 0 saturated carbocycles. The Morgan fingerprint density at radius 3 is 2.70 bits per heavy atom. The average Bonchev–Trinajstić information content (AvgIpc) is 2.67. The summed E-state index contributed by atoms with van der Waals surface area (Å²) >= 11 is 6.21. The molecule has 0 spiro atoms. The van der Waals surface area contributed by atoms with Crippen molar-refractivity contribution >= 4 is 23.3 Å². The quantitative estimate of drug-likeness (QED) is 0.747. The van der Waals surface area contributed by atoms with Crippen molar-refractivity contribution in [1.29, 1.82) is 0 Å². The predicted octanol–water partition coefficient (Wildman–Crippen LogP) is 4.13. The molecule has 2 aromatic rings. The average molecular weight is 396 g/mol. The van der Waals surface area contributed by atoms with Gasteiger partial charge in [-0.25, -0.2) is 13.8 Å². The largest absolute Gasteiger partial charge is 0.489 e. The number of rotatable bonds is 6. The topological polar surface area (TPSA) is 54.5 Å². The summed E-state index contributed by atoms with van der Waals surface area (Å²) in [4.78, 5) is 18.5. The Labute approximate surface area is 161 Å². The third-order valence-electron chi connectivity index (χ3n) is 4.28. The zero-order valence-electron chi connectivity index (χ0n) is 14.7. The number of benzene rings is 1. The first-order valence-electron chi connectivity index (χ1n) is 8.81. The summed E-state index contributed by atoms with van der Waals surface area (Å²) in [6.45, 7) is 1.96. The summed E-state index contributed by atoms with van der Waals surface area (Å²) < 4.78 is 31.6. The van der Waals surface area contributed by atoms with Crippen LogP contribution in [0.25, 0.3) is 0 Å². The standard InChI is InChI=1S/C19H20ClF2N3O2/c20-15-10-13(19(26)25-7-2-1-3-8-25)12-24-18(15)23-6-9-27-17-5-4-14(21)11-16(17)22/h4-5,10-12H,1-3,6-9H2,(H,23,24). The number of piperidine rings is 1. The first-order valence-corrected chi connectivity index (χ1v) is 9.19. The molecule has 0 radical (unpaired) electrons. The number of carbonyl (C=O) groups is 1. The third kappa shape index (κ3) is 5.07. The number of pyridine rings is 1. The number of nitrogens with zero attached hydrogens (tertiary/aromatic N) is 2. The van der Waals surface area contributed by atoms with E-state index in [1.165, 1.54) is 12.3 Å². The van der Waals surface area contributed by atoms with E-state index in [4.69, 9.17) is 16.3 Å². The van der Waals surface area contributed by atoms with Crippen LogP contribution in [0.15, 0.2) is 30.5 Å². The van der Waals surface area contributed by atoms with Crippen molar-refractivity contribution < 1.29 is 18.3 Å². The molecule has 0 aliphatic carbocycles. The SMILES string of the molecule is O=C(c1cnc(NCCOc2ccc(F)cc2F)c(Cl)c1)N1CCCCC1. The van der Waals surface area contributed by atoms with E-state index < -0.39 is 11.6 Å². The van der Waals surface area contributed by atoms with Crippen LogP contribution >= 0.6 is 11.6 Å². The Bertz CT molecular complexity index is 814. The summed E-state index contributed by atoms with van der Waals surface area (Å²) in [7, 11) is 0. The highest BCUT2D eigenvalue weighted by atomic mass is 35.5. The monoisotopic (exact) mass is 395 g/mol. The van der Waals surface area contributed by atoms with E-state index in [2.05, 4.69) is 10.3 Å². The van der Waals surface area contributed by atoms with Crippen LogP contribution in [-0.2, 0) is 0 Å². The summed E-state index contributed by atoms with van der Waals surface area (Å²) in [5.74, 6) is -1.10. The van der Waals surface area contributed by atoms with Crippen molar-refractivity contribution in [3.63, 3.8) is 0 Å². The van der Waals surface area contributed by atoms with Crippen LogP contribution in [0.2, 0.25) is 5.02 Å². The van der Waals surface area contributed by atoms with Gasteiger partial charge in [0.2, 0.25) is 0 Å². The second-order valence-corrected chi connectivity index (χ2v) is 6.66. The van der Waals surface area contributed by atoms with Crippen LogP contribution in [-0.4, -0.2) is 42.0 Å². The highest BCUT2D eigenvalue weighted by Gasteiger charge is 2.19. The lowest BCUT2D eigenvalue weighted by Crippen LogP contribution is -2.35. The van der Waals surface area contributed by atoms with E-state index in [0.29, 0.717) is 22.9 Å². The fraction of sp³-hybridized carbons (Fsp3) is 0.368. The number of halogens is 3. The Morgan fingerprint density at radius 2 is 2.00 bits per heavy atom. The molecule has 1 amide bonds. The van der Waals surface area contributed by atoms with Crippen molar-refractivity contribution in [3.05, 3.63) is 52.7 Å². The maximum atomic E-state index is 13.5. The molecule has 1 aliphatic rings. The van der Waals surface area contributed by atoms with Crippen LogP contribution < -0.4 is 10.1 Å². The minimum Gasteiger partial charge on any atom is -0.489 e. The molecule has 1 aromatic heterocycles. The van der Waals surface area contributed by atoms with Gasteiger partial charge in [0, 0.05) is 25.4 Å². The lowest BCUT2D eigenvalue weighted by atomic mass is 10.1. The number of nitrogens with one attached hydrogen (secondary N) is 1. The van der Waals surface area contributed by atoms with Gasteiger partial charge >= 0.3 is 0 Å². The van der Waals surface area contributed by atoms with Gasteiger partial charge in [-0.15, -0.1) is 0 Å². The number of amides is 1. The van der Waals surface area contributed by atoms with E-state index in [1.54, 1.807) is 6.07 Å². The lowest BCUT2D eigenvalue weighted by Gasteiger charge is -2.26.